The topological polar surface area (TPSA) is 89.5 Å². The van der Waals surface area contributed by atoms with Crippen LogP contribution in [0.5, 0.6) is 0 Å². The third kappa shape index (κ3) is 8.09. The standard InChI is InChI=1S/C25H38I2N2O5/c1-4-5-8-11-20(29(33)26-27-29)14-15-21-22(24(30)18-23(21)28(32)16-17-28)12-9-6-7-10-13-25(31)34-19(2)3/h6,9,14-17,19-23H,4-5,7-8,10-13,18H2,1-3H3/q-2/b9-6-,15-14+/t20-,21+,22+,23+/m0/s1. The summed E-state index contributed by atoms with van der Waals surface area (Å²) in [5, 5.41) is 25.8. The van der Waals surface area contributed by atoms with E-state index in [9.17, 15) is 20.0 Å². The van der Waals surface area contributed by atoms with Gasteiger partial charge in [0.05, 0.1) is 6.10 Å². The molecule has 9 heteroatoms. The summed E-state index contributed by atoms with van der Waals surface area (Å²) in [5.41, 5.74) is 0. The molecule has 1 aliphatic carbocycles. The third-order valence-corrected chi connectivity index (χ3v) is 16.4. The number of quaternary nitrogens is 2. The fourth-order valence-electron chi connectivity index (χ4n) is 4.60. The van der Waals surface area contributed by atoms with E-state index in [0.717, 1.165) is 32.1 Å². The molecule has 2 fully saturated rings. The molecule has 34 heavy (non-hydrogen) atoms. The number of carbonyl (C=O) groups is 2. The molecule has 2 heterocycles. The molecule has 0 bridgehead atoms. The molecule has 7 nitrogen and oxygen atoms in total. The number of ether oxygens (including phenoxy) is 1. The fourth-order valence-corrected chi connectivity index (χ4v) is 10.9. The van der Waals surface area contributed by atoms with Crippen molar-refractivity contribution in [3.05, 3.63) is 47.1 Å². The maximum atomic E-state index is 12.9. The van der Waals surface area contributed by atoms with Crippen LogP contribution in [0.2, 0.25) is 0 Å². The third-order valence-electron chi connectivity index (χ3n) is 6.60. The molecule has 0 aromatic rings. The van der Waals surface area contributed by atoms with Gasteiger partial charge in [0.15, 0.2) is 0 Å². The molecule has 0 N–H and O–H groups in total. The number of carbonyl (C=O) groups excluding carboxylic acids is 2. The van der Waals surface area contributed by atoms with Crippen LogP contribution in [0.15, 0.2) is 36.7 Å². The van der Waals surface area contributed by atoms with Crippen LogP contribution in [-0.4, -0.2) is 35.7 Å². The number of halogens is 2. The first-order valence-electron chi connectivity index (χ1n) is 12.5. The second kappa shape index (κ2) is 12.8. The van der Waals surface area contributed by atoms with Crippen molar-refractivity contribution in [2.45, 2.75) is 96.7 Å². The number of ketones is 1. The Labute approximate surface area is 221 Å². The van der Waals surface area contributed by atoms with Crippen LogP contribution >= 0.6 is 0 Å². The predicted molar refractivity (Wildman–Crippen MR) is 123 cm³/mol. The summed E-state index contributed by atoms with van der Waals surface area (Å²) in [6.07, 6.45) is 18.3. The summed E-state index contributed by atoms with van der Waals surface area (Å²) >= 11 is -0.429. The van der Waals surface area contributed by atoms with Crippen LogP contribution in [0.25, 0.3) is 0 Å². The van der Waals surface area contributed by atoms with Gasteiger partial charge in [0.25, 0.3) is 0 Å². The van der Waals surface area contributed by atoms with Gasteiger partial charge in [-0.1, -0.05) is 0 Å². The van der Waals surface area contributed by atoms with E-state index in [-0.39, 0.29) is 77.9 Å². The van der Waals surface area contributed by atoms with Gasteiger partial charge in [-0.15, -0.1) is 0 Å². The predicted octanol–water partition coefficient (Wildman–Crippen LogP) is -0.816. The minimum absolute atomic E-state index is 0.0209. The maximum absolute atomic E-state index is 12.9. The molecule has 3 rings (SSSR count). The summed E-state index contributed by atoms with van der Waals surface area (Å²) < 4.78 is 4.72. The van der Waals surface area contributed by atoms with E-state index in [1.807, 2.05) is 26.0 Å². The number of nitrogens with zero attached hydrogens (tertiary/aromatic N) is 2. The van der Waals surface area contributed by atoms with Gasteiger partial charge in [-0.2, -0.15) is 0 Å². The SMILES string of the molecule is CCCCC[C@@H](/C=C/[C@H]1[C@H]([N+]2([O-])C=C2)CC(=O)[C@@H]1C/C=C\CCCC(=O)OC(C)C)[N+]1([O-])[I-][I-]1. The number of rotatable bonds is 15. The fraction of sp³-hybridized carbons (Fsp3) is 0.680. The number of allylic oxidation sites excluding steroid dienone is 2. The van der Waals surface area contributed by atoms with Gasteiger partial charge in [-0.25, -0.2) is 0 Å². The number of unbranched alkanes of at least 4 members (excludes halogenated alkanes) is 3. The second-order valence-corrected chi connectivity index (χ2v) is 20.0. The van der Waals surface area contributed by atoms with Crippen molar-refractivity contribution < 1.29 is 55.1 Å². The number of esters is 1. The normalized spacial score (nSPS) is 28.2. The van der Waals surface area contributed by atoms with Crippen molar-refractivity contribution >= 4 is 11.8 Å². The summed E-state index contributed by atoms with van der Waals surface area (Å²) in [6.45, 7) is 5.85. The number of hydrogen-bond acceptors (Lipinski definition) is 5. The Hall–Kier alpha value is -0.340. The van der Waals surface area contributed by atoms with E-state index in [4.69, 9.17) is 4.74 Å². The van der Waals surface area contributed by atoms with E-state index in [1.54, 1.807) is 12.4 Å². The van der Waals surface area contributed by atoms with Gasteiger partial charge >= 0.3 is 193 Å². The Balaban J connectivity index is 1.59. The van der Waals surface area contributed by atoms with Crippen LogP contribution in [0.3, 0.4) is 0 Å². The van der Waals surface area contributed by atoms with Gasteiger partial charge < -0.3 is 4.74 Å². The molecular weight excluding hydrogens is 662 g/mol. The zero-order valence-electron chi connectivity index (χ0n) is 20.4. The molecule has 0 aromatic carbocycles. The molecule has 0 aromatic heterocycles. The summed E-state index contributed by atoms with van der Waals surface area (Å²) in [6, 6.07) is -0.282. The molecule has 0 unspecified atom stereocenters. The number of hydroxylamine groups is 4. The number of hydrogen-bond donors (Lipinski definition) is 0. The Bertz CT molecular complexity index is 803. The Morgan fingerprint density at radius 2 is 1.94 bits per heavy atom. The second-order valence-electron chi connectivity index (χ2n) is 9.70. The molecule has 1 saturated carbocycles. The van der Waals surface area contributed by atoms with Crippen molar-refractivity contribution in [3.8, 4) is 0 Å². The van der Waals surface area contributed by atoms with E-state index >= 15 is 0 Å². The van der Waals surface area contributed by atoms with E-state index < -0.39 is 4.65 Å². The zero-order valence-corrected chi connectivity index (χ0v) is 24.7. The zero-order chi connectivity index (χ0) is 24.8. The molecule has 4 atom stereocenters. The summed E-state index contributed by atoms with van der Waals surface area (Å²) in [4.78, 5) is 24.5. The summed E-state index contributed by atoms with van der Waals surface area (Å²) in [7, 11) is 0. The molecule has 194 valence electrons. The quantitative estimate of drug-likeness (QED) is 0.0326. The van der Waals surface area contributed by atoms with Crippen LogP contribution < -0.4 is 35.0 Å². The average molecular weight is 700 g/mol. The number of Topliss-reactive ketones (excluding diaryl/α,β-unsaturated/α-hetero) is 1. The molecule has 0 spiro atoms. The van der Waals surface area contributed by atoms with Crippen molar-refractivity contribution in [1.29, 1.82) is 0 Å². The van der Waals surface area contributed by atoms with Crippen LogP contribution in [-0.2, 0) is 14.3 Å². The van der Waals surface area contributed by atoms with Crippen molar-refractivity contribution in [3.63, 3.8) is 0 Å². The molecule has 0 radical (unpaired) electrons. The van der Waals surface area contributed by atoms with Crippen LogP contribution in [0, 0.1) is 22.3 Å². The monoisotopic (exact) mass is 700 g/mol. The van der Waals surface area contributed by atoms with Gasteiger partial charge in [0.1, 0.15) is 0 Å². The van der Waals surface area contributed by atoms with Gasteiger partial charge in [0.2, 0.25) is 0 Å². The van der Waals surface area contributed by atoms with Crippen LogP contribution in [0.4, 0.5) is 0 Å². The molecule has 3 aliphatic rings. The Kier molecular flexibility index (Phi) is 10.6. The van der Waals surface area contributed by atoms with Gasteiger partial charge in [0, 0.05) is 0 Å². The minimum atomic E-state index is -0.489. The first-order valence-corrected chi connectivity index (χ1v) is 20.7. The van der Waals surface area contributed by atoms with Crippen molar-refractivity contribution in [2.24, 2.45) is 11.8 Å². The van der Waals surface area contributed by atoms with Crippen molar-refractivity contribution in [2.75, 3.05) is 0 Å². The Morgan fingerprint density at radius 1 is 1.21 bits per heavy atom. The van der Waals surface area contributed by atoms with E-state index in [0.29, 0.717) is 25.7 Å². The van der Waals surface area contributed by atoms with E-state index in [1.165, 1.54) is 0 Å². The average Bonchev–Trinajstić information content (AvgIpc) is 3.68. The molecule has 0 amide bonds. The van der Waals surface area contributed by atoms with Gasteiger partial charge in [-0.05, 0) is 13.8 Å². The first kappa shape index (κ1) is 28.2. The van der Waals surface area contributed by atoms with Crippen molar-refractivity contribution in [1.82, 2.24) is 0 Å². The Morgan fingerprint density at radius 3 is 2.56 bits per heavy atom. The van der Waals surface area contributed by atoms with E-state index in [2.05, 4.69) is 19.1 Å². The summed E-state index contributed by atoms with van der Waals surface area (Å²) in [5.74, 6) is -0.388. The molecule has 2 aliphatic heterocycles. The molecular formula is C25H38I2N2O5-2. The van der Waals surface area contributed by atoms with Gasteiger partial charge in [-0.3, -0.25) is 4.79 Å². The molecule has 1 saturated heterocycles. The first-order chi connectivity index (χ1) is 16.2. The van der Waals surface area contributed by atoms with Crippen LogP contribution in [0.1, 0.15) is 78.6 Å².